The number of amides is 1. The maximum absolute atomic E-state index is 12.1. The standard InChI is InChI=1S/C20H22Cl2N2O4/c1-4-9-27-19-16(21)10-14(11-17(19)22)28-12-13-7-5-6-8-15(13)18(24-26-3)20(25)23-2/h5-8,10-11H,4,9,12H2,1-3H3,(H,23,25)/b24-18+. The van der Waals surface area contributed by atoms with Crippen LogP contribution in [0.15, 0.2) is 41.6 Å². The molecular weight excluding hydrogens is 403 g/mol. The highest BCUT2D eigenvalue weighted by Gasteiger charge is 2.18. The number of hydrogen-bond donors (Lipinski definition) is 1. The second kappa shape index (κ2) is 10.8. The van der Waals surface area contributed by atoms with Crippen molar-refractivity contribution in [3.63, 3.8) is 0 Å². The molecule has 0 atom stereocenters. The van der Waals surface area contributed by atoms with Gasteiger partial charge in [0, 0.05) is 24.7 Å². The average molecular weight is 425 g/mol. The van der Waals surface area contributed by atoms with E-state index < -0.39 is 0 Å². The predicted molar refractivity (Wildman–Crippen MR) is 111 cm³/mol. The number of ether oxygens (including phenoxy) is 2. The van der Waals surface area contributed by atoms with Gasteiger partial charge in [0.2, 0.25) is 0 Å². The van der Waals surface area contributed by atoms with Gasteiger partial charge in [-0.05, 0) is 12.0 Å². The van der Waals surface area contributed by atoms with Gasteiger partial charge in [-0.2, -0.15) is 0 Å². The number of halogens is 2. The third-order valence-electron chi connectivity index (χ3n) is 3.71. The van der Waals surface area contributed by atoms with E-state index in [9.17, 15) is 4.79 Å². The monoisotopic (exact) mass is 424 g/mol. The van der Waals surface area contributed by atoms with E-state index in [1.54, 1.807) is 24.3 Å². The first-order valence-electron chi connectivity index (χ1n) is 8.67. The molecule has 8 heteroatoms. The largest absolute Gasteiger partial charge is 0.490 e. The lowest BCUT2D eigenvalue weighted by Gasteiger charge is -2.14. The van der Waals surface area contributed by atoms with Gasteiger partial charge in [0.25, 0.3) is 5.91 Å². The van der Waals surface area contributed by atoms with Crippen LogP contribution >= 0.6 is 23.2 Å². The van der Waals surface area contributed by atoms with Crippen molar-refractivity contribution in [2.45, 2.75) is 20.0 Å². The number of nitrogens with zero attached hydrogens (tertiary/aromatic N) is 1. The fourth-order valence-corrected chi connectivity index (χ4v) is 3.00. The van der Waals surface area contributed by atoms with Crippen LogP contribution in [0.1, 0.15) is 24.5 Å². The Balaban J connectivity index is 2.24. The summed E-state index contributed by atoms with van der Waals surface area (Å²) in [6.07, 6.45) is 0.846. The smallest absolute Gasteiger partial charge is 0.273 e. The van der Waals surface area contributed by atoms with Gasteiger partial charge in [0.1, 0.15) is 19.5 Å². The summed E-state index contributed by atoms with van der Waals surface area (Å²) in [5.41, 5.74) is 1.51. The van der Waals surface area contributed by atoms with Crippen molar-refractivity contribution in [1.29, 1.82) is 0 Å². The molecule has 150 valence electrons. The molecule has 0 aromatic heterocycles. The summed E-state index contributed by atoms with van der Waals surface area (Å²) < 4.78 is 11.4. The fourth-order valence-electron chi connectivity index (χ4n) is 2.42. The number of benzene rings is 2. The minimum atomic E-state index is -0.363. The molecule has 0 bridgehead atoms. The molecule has 0 saturated heterocycles. The Morgan fingerprint density at radius 1 is 1.14 bits per heavy atom. The number of carbonyl (C=O) groups is 1. The van der Waals surface area contributed by atoms with Crippen molar-refractivity contribution in [1.82, 2.24) is 5.32 Å². The first-order valence-corrected chi connectivity index (χ1v) is 9.43. The van der Waals surface area contributed by atoms with E-state index in [1.807, 2.05) is 19.1 Å². The molecule has 2 aromatic carbocycles. The molecule has 6 nitrogen and oxygen atoms in total. The van der Waals surface area contributed by atoms with Crippen LogP contribution in [-0.2, 0) is 16.2 Å². The van der Waals surface area contributed by atoms with E-state index in [0.717, 1.165) is 12.0 Å². The van der Waals surface area contributed by atoms with E-state index in [4.69, 9.17) is 37.5 Å². The molecule has 28 heavy (non-hydrogen) atoms. The van der Waals surface area contributed by atoms with Crippen LogP contribution in [0.2, 0.25) is 10.0 Å². The SMILES string of the molecule is CCCOc1c(Cl)cc(OCc2ccccc2/C(=N\OC)C(=O)NC)cc1Cl. The first kappa shape index (κ1) is 21.9. The summed E-state index contributed by atoms with van der Waals surface area (Å²) in [7, 11) is 2.91. The molecule has 2 rings (SSSR count). The maximum atomic E-state index is 12.1. The zero-order valence-corrected chi connectivity index (χ0v) is 17.4. The van der Waals surface area contributed by atoms with E-state index in [1.165, 1.54) is 14.2 Å². The summed E-state index contributed by atoms with van der Waals surface area (Å²) in [6.45, 7) is 2.70. The lowest BCUT2D eigenvalue weighted by molar-refractivity contribution is -0.114. The van der Waals surface area contributed by atoms with Crippen molar-refractivity contribution in [3.8, 4) is 11.5 Å². The predicted octanol–water partition coefficient (Wildman–Crippen LogP) is 4.46. The molecule has 0 aliphatic rings. The number of rotatable bonds is 9. The molecular formula is C20H22Cl2N2O4. The van der Waals surface area contributed by atoms with Crippen molar-refractivity contribution < 1.29 is 19.1 Å². The van der Waals surface area contributed by atoms with Gasteiger partial charge in [-0.15, -0.1) is 0 Å². The highest BCUT2D eigenvalue weighted by Crippen LogP contribution is 2.37. The van der Waals surface area contributed by atoms with Gasteiger partial charge in [0.05, 0.1) is 16.7 Å². The number of nitrogens with one attached hydrogen (secondary N) is 1. The van der Waals surface area contributed by atoms with Gasteiger partial charge in [-0.25, -0.2) is 0 Å². The normalized spacial score (nSPS) is 11.1. The van der Waals surface area contributed by atoms with Crippen LogP contribution in [-0.4, -0.2) is 32.4 Å². The topological polar surface area (TPSA) is 69.1 Å². The molecule has 2 aromatic rings. The Hall–Kier alpha value is -2.44. The maximum Gasteiger partial charge on any atom is 0.273 e. The van der Waals surface area contributed by atoms with Crippen molar-refractivity contribution in [2.75, 3.05) is 20.8 Å². The zero-order valence-electron chi connectivity index (χ0n) is 15.9. The van der Waals surface area contributed by atoms with Crippen molar-refractivity contribution >= 4 is 34.8 Å². The fraction of sp³-hybridized carbons (Fsp3) is 0.300. The Morgan fingerprint density at radius 2 is 1.82 bits per heavy atom. The summed E-state index contributed by atoms with van der Waals surface area (Å²) in [5.74, 6) is 0.559. The minimum absolute atomic E-state index is 0.156. The third kappa shape index (κ3) is 5.53. The van der Waals surface area contributed by atoms with E-state index in [-0.39, 0.29) is 18.2 Å². The highest BCUT2D eigenvalue weighted by molar-refractivity contribution is 6.45. The minimum Gasteiger partial charge on any atom is -0.490 e. The van der Waals surface area contributed by atoms with Crippen molar-refractivity contribution in [3.05, 3.63) is 57.6 Å². The zero-order chi connectivity index (χ0) is 20.5. The molecule has 0 radical (unpaired) electrons. The first-order chi connectivity index (χ1) is 13.5. The molecule has 0 unspecified atom stereocenters. The van der Waals surface area contributed by atoms with Crippen LogP contribution in [0.3, 0.4) is 0 Å². The number of carbonyl (C=O) groups excluding carboxylic acids is 1. The highest BCUT2D eigenvalue weighted by atomic mass is 35.5. The molecule has 0 aliphatic carbocycles. The molecule has 0 aliphatic heterocycles. The molecule has 0 spiro atoms. The molecule has 1 amide bonds. The Bertz CT molecular complexity index is 833. The Morgan fingerprint density at radius 3 is 2.43 bits per heavy atom. The van der Waals surface area contributed by atoms with Crippen LogP contribution in [0.5, 0.6) is 11.5 Å². The van der Waals surface area contributed by atoms with Crippen LogP contribution in [0, 0.1) is 0 Å². The Labute approximate surface area is 174 Å². The molecule has 1 N–H and O–H groups in total. The average Bonchev–Trinajstić information content (AvgIpc) is 2.69. The van der Waals surface area contributed by atoms with E-state index in [2.05, 4.69) is 10.5 Å². The van der Waals surface area contributed by atoms with Gasteiger partial charge in [0.15, 0.2) is 11.5 Å². The van der Waals surface area contributed by atoms with Crippen molar-refractivity contribution in [2.24, 2.45) is 5.16 Å². The van der Waals surface area contributed by atoms with Gasteiger partial charge in [-0.3, -0.25) is 4.79 Å². The molecule has 0 fully saturated rings. The van der Waals surface area contributed by atoms with Gasteiger partial charge < -0.3 is 19.6 Å². The summed E-state index contributed by atoms with van der Waals surface area (Å²) >= 11 is 12.5. The lowest BCUT2D eigenvalue weighted by Crippen LogP contribution is -2.29. The molecule has 0 saturated carbocycles. The van der Waals surface area contributed by atoms with Crippen LogP contribution < -0.4 is 14.8 Å². The second-order valence-electron chi connectivity index (χ2n) is 5.71. The number of likely N-dealkylation sites (N-methyl/N-ethyl adjacent to an activating group) is 1. The lowest BCUT2D eigenvalue weighted by atomic mass is 10.0. The summed E-state index contributed by atoms with van der Waals surface area (Å²) in [6, 6.07) is 10.5. The quantitative estimate of drug-likeness (QED) is 0.476. The van der Waals surface area contributed by atoms with Crippen LogP contribution in [0.25, 0.3) is 0 Å². The summed E-state index contributed by atoms with van der Waals surface area (Å²) in [4.78, 5) is 16.9. The van der Waals surface area contributed by atoms with Crippen LogP contribution in [0.4, 0.5) is 0 Å². The Kier molecular flexibility index (Phi) is 8.42. The number of oxime groups is 1. The molecule has 0 heterocycles. The van der Waals surface area contributed by atoms with E-state index >= 15 is 0 Å². The summed E-state index contributed by atoms with van der Waals surface area (Å²) in [5, 5.41) is 7.13. The van der Waals surface area contributed by atoms with E-state index in [0.29, 0.717) is 33.7 Å². The van der Waals surface area contributed by atoms with Gasteiger partial charge in [-0.1, -0.05) is 59.5 Å². The number of hydrogen-bond acceptors (Lipinski definition) is 5. The second-order valence-corrected chi connectivity index (χ2v) is 6.53. The van der Waals surface area contributed by atoms with Gasteiger partial charge >= 0.3 is 0 Å². The third-order valence-corrected chi connectivity index (χ3v) is 4.28.